The molecule has 1 fully saturated rings. The van der Waals surface area contributed by atoms with Crippen LogP contribution < -0.4 is 10.6 Å². The first kappa shape index (κ1) is 23.6. The lowest BCUT2D eigenvalue weighted by molar-refractivity contribution is -0.142. The standard InChI is InChI=1S/C21H27F2N3O6/c1-12(31-2)20(21(30)24-10-18(29)32-3)25-16(27)9-14-7-8-17(28)26(14)11-13-5-4-6-15(22)19(13)23/h4-6,12,14,20H,7-11H2,1-3H3,(H,24,30)(H,25,27)/t12-,14-,20-/m0/s1/i2D. The van der Waals surface area contributed by atoms with E-state index in [9.17, 15) is 28.0 Å². The summed E-state index contributed by atoms with van der Waals surface area (Å²) in [5.74, 6) is -4.36. The van der Waals surface area contributed by atoms with Crippen LogP contribution in [-0.2, 0) is 35.2 Å². The largest absolute Gasteiger partial charge is 0.468 e. The molecule has 2 N–H and O–H groups in total. The van der Waals surface area contributed by atoms with E-state index in [1.807, 2.05) is 0 Å². The molecule has 32 heavy (non-hydrogen) atoms. The minimum Gasteiger partial charge on any atom is -0.468 e. The molecule has 1 saturated heterocycles. The summed E-state index contributed by atoms with van der Waals surface area (Å²) in [5, 5.41) is 4.83. The van der Waals surface area contributed by atoms with Gasteiger partial charge in [-0.1, -0.05) is 12.1 Å². The van der Waals surface area contributed by atoms with Gasteiger partial charge in [-0.3, -0.25) is 19.2 Å². The Hall–Kier alpha value is -3.08. The molecule has 3 amide bonds. The topological polar surface area (TPSA) is 114 Å². The molecule has 0 bridgehead atoms. The van der Waals surface area contributed by atoms with Gasteiger partial charge in [-0.2, -0.15) is 0 Å². The van der Waals surface area contributed by atoms with Crippen molar-refractivity contribution in [2.24, 2.45) is 0 Å². The van der Waals surface area contributed by atoms with Crippen molar-refractivity contribution in [3.05, 3.63) is 35.4 Å². The van der Waals surface area contributed by atoms with Crippen LogP contribution in [0.3, 0.4) is 0 Å². The number of rotatable bonds is 10. The highest BCUT2D eigenvalue weighted by molar-refractivity contribution is 5.90. The van der Waals surface area contributed by atoms with Gasteiger partial charge in [0.2, 0.25) is 17.7 Å². The van der Waals surface area contributed by atoms with Gasteiger partial charge in [0.25, 0.3) is 0 Å². The molecule has 0 spiro atoms. The molecule has 11 heteroatoms. The van der Waals surface area contributed by atoms with Crippen molar-refractivity contribution in [1.29, 1.82) is 0 Å². The maximum atomic E-state index is 14.1. The number of halogens is 2. The van der Waals surface area contributed by atoms with Crippen LogP contribution in [0.4, 0.5) is 8.78 Å². The lowest BCUT2D eigenvalue weighted by Crippen LogP contribution is -2.54. The zero-order valence-corrected chi connectivity index (χ0v) is 17.9. The molecular formula is C21H27F2N3O6. The van der Waals surface area contributed by atoms with Crippen LogP contribution in [0.5, 0.6) is 0 Å². The van der Waals surface area contributed by atoms with Gasteiger partial charge in [0.05, 0.1) is 14.6 Å². The minimum atomic E-state index is -1.21. The van der Waals surface area contributed by atoms with Crippen molar-refractivity contribution >= 4 is 23.7 Å². The predicted molar refractivity (Wildman–Crippen MR) is 108 cm³/mol. The Morgan fingerprint density at radius 1 is 1.34 bits per heavy atom. The molecule has 0 aromatic heterocycles. The Morgan fingerprint density at radius 2 is 2.09 bits per heavy atom. The predicted octanol–water partition coefficient (Wildman–Crippen LogP) is 0.655. The van der Waals surface area contributed by atoms with Crippen LogP contribution in [0.1, 0.15) is 33.1 Å². The first-order valence-electron chi connectivity index (χ1n) is 10.7. The molecule has 3 atom stereocenters. The molecule has 0 aliphatic carbocycles. The second-order valence-electron chi connectivity index (χ2n) is 7.34. The van der Waals surface area contributed by atoms with Crippen molar-refractivity contribution in [2.75, 3.05) is 20.7 Å². The summed E-state index contributed by atoms with van der Waals surface area (Å²) < 4.78 is 44.3. The van der Waals surface area contributed by atoms with E-state index in [0.29, 0.717) is 6.42 Å². The fourth-order valence-corrected chi connectivity index (χ4v) is 3.36. The van der Waals surface area contributed by atoms with E-state index in [4.69, 9.17) is 6.11 Å². The van der Waals surface area contributed by atoms with Gasteiger partial charge < -0.3 is 25.0 Å². The highest BCUT2D eigenvalue weighted by atomic mass is 19.2. The van der Waals surface area contributed by atoms with Crippen LogP contribution in [0.25, 0.3) is 0 Å². The minimum absolute atomic E-state index is 0.00630. The lowest BCUT2D eigenvalue weighted by atomic mass is 10.1. The van der Waals surface area contributed by atoms with E-state index in [1.165, 1.54) is 24.0 Å². The van der Waals surface area contributed by atoms with Crippen LogP contribution >= 0.6 is 0 Å². The number of esters is 1. The molecule has 9 nitrogen and oxygen atoms in total. The number of nitrogens with zero attached hydrogens (tertiary/aromatic N) is 1. The zero-order valence-electron chi connectivity index (χ0n) is 18.9. The molecule has 176 valence electrons. The molecule has 0 saturated carbocycles. The maximum absolute atomic E-state index is 14.1. The monoisotopic (exact) mass is 456 g/mol. The molecule has 1 aliphatic heterocycles. The zero-order chi connectivity index (χ0) is 24.5. The molecule has 0 unspecified atom stereocenters. The van der Waals surface area contributed by atoms with Gasteiger partial charge in [0.1, 0.15) is 12.6 Å². The fraction of sp³-hybridized carbons (Fsp3) is 0.524. The summed E-state index contributed by atoms with van der Waals surface area (Å²) in [7, 11) is 0.700. The number of carbonyl (C=O) groups is 4. The number of ether oxygens (including phenoxy) is 2. The molecule has 1 heterocycles. The maximum Gasteiger partial charge on any atom is 0.325 e. The van der Waals surface area contributed by atoms with Gasteiger partial charge in [0, 0.05) is 38.1 Å². The van der Waals surface area contributed by atoms with E-state index in [1.54, 1.807) is 0 Å². The van der Waals surface area contributed by atoms with Gasteiger partial charge in [-0.15, -0.1) is 0 Å². The summed E-state index contributed by atoms with van der Waals surface area (Å²) in [4.78, 5) is 50.0. The van der Waals surface area contributed by atoms with E-state index in [2.05, 4.69) is 15.4 Å². The Labute approximate surface area is 185 Å². The van der Waals surface area contributed by atoms with Gasteiger partial charge >= 0.3 is 5.97 Å². The Balaban J connectivity index is 2.06. The SMILES string of the molecule is [2H]CO[C@@H](C)[C@H](NC(=O)C[C@@H]1CCC(=O)N1Cc1cccc(F)c1F)C(=O)NCC(=O)OC. The number of nitrogens with one attached hydrogen (secondary N) is 2. The fourth-order valence-electron chi connectivity index (χ4n) is 3.36. The van der Waals surface area contributed by atoms with Crippen molar-refractivity contribution in [3.8, 4) is 0 Å². The molecule has 2 rings (SSSR count). The van der Waals surface area contributed by atoms with Crippen LogP contribution in [0.2, 0.25) is 0 Å². The summed E-state index contributed by atoms with van der Waals surface area (Å²) >= 11 is 0. The van der Waals surface area contributed by atoms with Gasteiger partial charge in [0.15, 0.2) is 11.6 Å². The number of benzene rings is 1. The second kappa shape index (κ2) is 11.5. The summed E-state index contributed by atoms with van der Waals surface area (Å²) in [6.45, 7) is 0.872. The Kier molecular flexibility index (Phi) is 8.48. The quantitative estimate of drug-likeness (QED) is 0.500. The molecule has 1 aromatic rings. The van der Waals surface area contributed by atoms with Crippen molar-refractivity contribution in [2.45, 2.75) is 50.9 Å². The highest BCUT2D eigenvalue weighted by Crippen LogP contribution is 2.25. The lowest BCUT2D eigenvalue weighted by Gasteiger charge is -2.27. The number of likely N-dealkylation sites (tertiary alicyclic amines) is 1. The third-order valence-electron chi connectivity index (χ3n) is 5.21. The number of methoxy groups -OCH3 is 2. The van der Waals surface area contributed by atoms with Crippen molar-refractivity contribution in [1.82, 2.24) is 15.5 Å². The van der Waals surface area contributed by atoms with Crippen molar-refractivity contribution < 1.29 is 38.8 Å². The first-order chi connectivity index (χ1) is 15.7. The number of carbonyl (C=O) groups excluding carboxylic acids is 4. The van der Waals surface area contributed by atoms with E-state index >= 15 is 0 Å². The van der Waals surface area contributed by atoms with Crippen molar-refractivity contribution in [3.63, 3.8) is 0 Å². The summed E-state index contributed by atoms with van der Waals surface area (Å²) in [5.41, 5.74) is -0.00630. The second-order valence-corrected chi connectivity index (χ2v) is 7.34. The third kappa shape index (κ3) is 6.46. The molecule has 0 radical (unpaired) electrons. The van der Waals surface area contributed by atoms with E-state index in [0.717, 1.165) is 13.2 Å². The molecule has 1 aliphatic rings. The highest BCUT2D eigenvalue weighted by Gasteiger charge is 2.35. The average molecular weight is 456 g/mol. The van der Waals surface area contributed by atoms with E-state index in [-0.39, 0.29) is 30.9 Å². The normalized spacial score (nSPS) is 18.0. The van der Waals surface area contributed by atoms with Gasteiger partial charge in [-0.25, -0.2) is 8.78 Å². The van der Waals surface area contributed by atoms with Crippen LogP contribution in [-0.4, -0.2) is 67.5 Å². The van der Waals surface area contributed by atoms with Crippen LogP contribution in [0, 0.1) is 11.6 Å². The number of hydrogen-bond acceptors (Lipinski definition) is 6. The van der Waals surface area contributed by atoms with E-state index < -0.39 is 61.2 Å². The smallest absolute Gasteiger partial charge is 0.325 e. The number of amides is 3. The molecule has 1 aromatic carbocycles. The Morgan fingerprint density at radius 3 is 2.78 bits per heavy atom. The third-order valence-corrected chi connectivity index (χ3v) is 5.21. The number of hydrogen-bond donors (Lipinski definition) is 2. The van der Waals surface area contributed by atoms with Gasteiger partial charge in [-0.05, 0) is 19.4 Å². The Bertz CT molecular complexity index is 888. The molecular weight excluding hydrogens is 428 g/mol. The van der Waals surface area contributed by atoms with Crippen LogP contribution in [0.15, 0.2) is 18.2 Å². The first-order valence-corrected chi connectivity index (χ1v) is 9.95. The summed E-state index contributed by atoms with van der Waals surface area (Å²) in [6, 6.07) is 1.88. The average Bonchev–Trinajstić information content (AvgIpc) is 3.12. The summed E-state index contributed by atoms with van der Waals surface area (Å²) in [6.07, 6.45) is -0.582.